The zero-order valence-electron chi connectivity index (χ0n) is 28.4. The average Bonchev–Trinajstić information content (AvgIpc) is 3.58. The molecular weight excluding hydrogens is 689 g/mol. The summed E-state index contributed by atoms with van der Waals surface area (Å²) in [6.07, 6.45) is 2.56. The van der Waals surface area contributed by atoms with Gasteiger partial charge >= 0.3 is 5.97 Å². The molecule has 1 amide bonds. The largest absolute Gasteiger partial charge is 0.480 e. The zero-order valence-corrected chi connectivity index (χ0v) is 29.9. The number of carboxylic acid groups (broad SMARTS) is 1. The van der Waals surface area contributed by atoms with Crippen LogP contribution in [-0.4, -0.2) is 67.5 Å². The molecule has 2 heterocycles. The van der Waals surface area contributed by atoms with E-state index in [4.69, 9.17) is 34.0 Å². The summed E-state index contributed by atoms with van der Waals surface area (Å²) in [7, 11) is 0. The van der Waals surface area contributed by atoms with Gasteiger partial charge in [-0.15, -0.1) is 0 Å². The highest BCUT2D eigenvalue weighted by molar-refractivity contribution is 6.31. The molecule has 5 N–H and O–H groups in total. The second-order valence-electron chi connectivity index (χ2n) is 14.9. The van der Waals surface area contributed by atoms with Gasteiger partial charge in [0, 0.05) is 53.3 Å². The van der Waals surface area contributed by atoms with Crippen molar-refractivity contribution in [1.82, 2.24) is 14.7 Å². The Labute approximate surface area is 300 Å². The summed E-state index contributed by atoms with van der Waals surface area (Å²) in [5, 5.41) is 38.6. The number of amides is 1. The van der Waals surface area contributed by atoms with Gasteiger partial charge in [-0.3, -0.25) is 19.2 Å². The molecule has 1 aliphatic heterocycles. The van der Waals surface area contributed by atoms with Crippen LogP contribution in [0.1, 0.15) is 64.0 Å². The minimum Gasteiger partial charge on any atom is -0.480 e. The predicted molar refractivity (Wildman–Crippen MR) is 186 cm³/mol. The number of carbonyl (C=O) groups is 2. The molecule has 50 heavy (non-hydrogen) atoms. The van der Waals surface area contributed by atoms with Gasteiger partial charge in [-0.1, -0.05) is 69.1 Å². The first kappa shape index (κ1) is 37.7. The van der Waals surface area contributed by atoms with Crippen molar-refractivity contribution < 1.29 is 28.6 Å². The minimum atomic E-state index is -1.97. The van der Waals surface area contributed by atoms with Gasteiger partial charge in [-0.25, -0.2) is 8.78 Å². The van der Waals surface area contributed by atoms with E-state index in [0.29, 0.717) is 32.4 Å². The average molecular weight is 732 g/mol. The smallest absolute Gasteiger partial charge is 0.317 e. The lowest BCUT2D eigenvalue weighted by molar-refractivity contribution is -0.139. The number of aliphatic hydroxyl groups is 1. The van der Waals surface area contributed by atoms with Crippen LogP contribution >= 0.6 is 23.2 Å². The predicted octanol–water partition coefficient (Wildman–Crippen LogP) is 5.96. The van der Waals surface area contributed by atoms with Gasteiger partial charge in [0.1, 0.15) is 17.0 Å². The Kier molecular flexibility index (Phi) is 10.4. The van der Waals surface area contributed by atoms with E-state index in [-0.39, 0.29) is 46.0 Å². The van der Waals surface area contributed by atoms with Crippen molar-refractivity contribution in [2.45, 2.75) is 76.0 Å². The van der Waals surface area contributed by atoms with Gasteiger partial charge in [-0.05, 0) is 54.4 Å². The normalized spacial score (nSPS) is 22.9. The number of hydrogen-bond donors (Lipinski definition) is 4. The molecule has 14 heteroatoms. The summed E-state index contributed by atoms with van der Waals surface area (Å²) in [6.45, 7) is 8.22. The number of nitrogens with zero attached hydrogens (tertiary/aromatic N) is 4. The number of nitriles is 1. The third-order valence-electron chi connectivity index (χ3n) is 10.5. The summed E-state index contributed by atoms with van der Waals surface area (Å²) in [5.74, 6) is -5.92. The summed E-state index contributed by atoms with van der Waals surface area (Å²) >= 11 is 12.4. The van der Waals surface area contributed by atoms with E-state index in [1.54, 1.807) is 17.2 Å². The SMILES string of the molecule is C[C@@H](C(=O)Nc1ccn(CC2(O)CCN(CC(=O)O)CC2)n1)[C@H](c1cccc(Cl)c1F)[C@@](C#N)(c1ccc(Cl)cc1F)C1(N)CC1C(C)(C)C. The molecule has 2 aliphatic rings. The van der Waals surface area contributed by atoms with Crippen molar-refractivity contribution >= 4 is 40.9 Å². The standard InChI is InChI=1S/C36H42Cl2F2N6O4/c1-21(32(49)43-28-10-13-46(44-28)20-34(50)11-14-45(15-12-34)18-29(47)48)30(23-6-5-7-25(38)31(23)40)35(19-41,24-9-8-22(37)16-26(24)39)36(42)17-27(36)33(2,3)4/h5-10,13,16,21,27,30,50H,11-12,14-15,17-18,20,42H2,1-4H3,(H,47,48)(H,43,44,49)/t21-,27?,30-,35-,36?/m1/s1. The van der Waals surface area contributed by atoms with E-state index >= 15 is 8.78 Å². The Hall–Kier alpha value is -3.60. The number of nitrogens with two attached hydrogens (primary N) is 1. The number of nitrogens with one attached hydrogen (secondary N) is 1. The number of hydrogen-bond acceptors (Lipinski definition) is 7. The molecule has 2 fully saturated rings. The maximum atomic E-state index is 16.1. The van der Waals surface area contributed by atoms with Crippen LogP contribution in [0.3, 0.4) is 0 Å². The highest BCUT2D eigenvalue weighted by Gasteiger charge is 2.72. The highest BCUT2D eigenvalue weighted by atomic mass is 35.5. The van der Waals surface area contributed by atoms with E-state index < -0.39 is 57.3 Å². The van der Waals surface area contributed by atoms with Gasteiger partial charge in [0.05, 0.1) is 29.8 Å². The third kappa shape index (κ3) is 7.12. The minimum absolute atomic E-state index is 0.0672. The number of aromatic nitrogens is 2. The highest BCUT2D eigenvalue weighted by Crippen LogP contribution is 2.66. The third-order valence-corrected chi connectivity index (χ3v) is 11.0. The van der Waals surface area contributed by atoms with Crippen molar-refractivity contribution in [3.8, 4) is 6.07 Å². The second-order valence-corrected chi connectivity index (χ2v) is 15.7. The Morgan fingerprint density at radius 1 is 1.18 bits per heavy atom. The number of anilines is 1. The van der Waals surface area contributed by atoms with Crippen LogP contribution in [0.2, 0.25) is 10.0 Å². The van der Waals surface area contributed by atoms with Crippen molar-refractivity contribution in [3.05, 3.63) is 81.5 Å². The molecule has 5 atom stereocenters. The van der Waals surface area contributed by atoms with Crippen molar-refractivity contribution in [2.75, 3.05) is 25.0 Å². The molecule has 0 radical (unpaired) electrons. The lowest BCUT2D eigenvalue weighted by Gasteiger charge is -2.45. The molecule has 0 spiro atoms. The van der Waals surface area contributed by atoms with E-state index in [1.807, 2.05) is 20.8 Å². The number of likely N-dealkylation sites (tertiary alicyclic amines) is 1. The fourth-order valence-electron chi connectivity index (χ4n) is 7.87. The fourth-order valence-corrected chi connectivity index (χ4v) is 8.21. The van der Waals surface area contributed by atoms with Gasteiger partial charge in [0.15, 0.2) is 5.82 Å². The molecule has 0 bridgehead atoms. The molecule has 10 nitrogen and oxygen atoms in total. The second kappa shape index (κ2) is 13.8. The summed E-state index contributed by atoms with van der Waals surface area (Å²) in [6, 6.07) is 12.1. The molecule has 1 aliphatic carbocycles. The van der Waals surface area contributed by atoms with Gasteiger partial charge in [0.25, 0.3) is 0 Å². The van der Waals surface area contributed by atoms with Crippen LogP contribution in [0.25, 0.3) is 0 Å². The molecule has 3 aromatic rings. The molecule has 1 aromatic heterocycles. The zero-order chi connectivity index (χ0) is 36.8. The molecule has 268 valence electrons. The van der Waals surface area contributed by atoms with Crippen molar-refractivity contribution in [3.63, 3.8) is 0 Å². The Balaban J connectivity index is 1.52. The van der Waals surface area contributed by atoms with Crippen molar-refractivity contribution in [2.24, 2.45) is 23.0 Å². The first-order chi connectivity index (χ1) is 23.3. The quantitative estimate of drug-likeness (QED) is 0.188. The van der Waals surface area contributed by atoms with E-state index in [9.17, 15) is 20.0 Å². The molecule has 2 unspecified atom stereocenters. The number of benzene rings is 2. The van der Waals surface area contributed by atoms with Crippen LogP contribution in [0.5, 0.6) is 0 Å². The number of carboxylic acids is 1. The molecule has 1 saturated carbocycles. The fraction of sp³-hybridized carbons (Fsp3) is 0.500. The summed E-state index contributed by atoms with van der Waals surface area (Å²) < 4.78 is 33.7. The lowest BCUT2D eigenvalue weighted by atomic mass is 9.57. The van der Waals surface area contributed by atoms with Crippen LogP contribution in [0, 0.1) is 40.2 Å². The van der Waals surface area contributed by atoms with Gasteiger partial charge in [0.2, 0.25) is 5.91 Å². The van der Waals surface area contributed by atoms with E-state index in [0.717, 1.165) is 6.07 Å². The monoisotopic (exact) mass is 730 g/mol. The van der Waals surface area contributed by atoms with Crippen LogP contribution in [-0.2, 0) is 21.5 Å². The van der Waals surface area contributed by atoms with Gasteiger partial charge in [-0.2, -0.15) is 10.4 Å². The van der Waals surface area contributed by atoms with Gasteiger partial charge < -0.3 is 21.3 Å². The molecule has 5 rings (SSSR count). The summed E-state index contributed by atoms with van der Waals surface area (Å²) in [4.78, 5) is 27.0. The number of halogens is 4. The topological polar surface area (TPSA) is 158 Å². The van der Waals surface area contributed by atoms with Crippen LogP contribution in [0.15, 0.2) is 48.7 Å². The number of carbonyl (C=O) groups excluding carboxylic acids is 1. The van der Waals surface area contributed by atoms with E-state index in [2.05, 4.69) is 16.5 Å². The Morgan fingerprint density at radius 3 is 2.44 bits per heavy atom. The molecule has 1 saturated heterocycles. The lowest BCUT2D eigenvalue weighted by Crippen LogP contribution is -2.56. The van der Waals surface area contributed by atoms with Crippen molar-refractivity contribution in [1.29, 1.82) is 5.26 Å². The molecular formula is C36H42Cl2F2N6O4. The Bertz CT molecular complexity index is 1820. The first-order valence-corrected chi connectivity index (χ1v) is 17.2. The summed E-state index contributed by atoms with van der Waals surface area (Å²) in [5.41, 5.74) is 2.09. The molecule has 2 aromatic carbocycles. The van der Waals surface area contributed by atoms with Crippen LogP contribution in [0.4, 0.5) is 14.6 Å². The maximum Gasteiger partial charge on any atom is 0.317 e. The van der Waals surface area contributed by atoms with Crippen LogP contribution < -0.4 is 11.1 Å². The number of piperidine rings is 1. The number of aliphatic carboxylic acids is 1. The number of rotatable bonds is 11. The first-order valence-electron chi connectivity index (χ1n) is 16.5. The Morgan fingerprint density at radius 2 is 1.86 bits per heavy atom. The van der Waals surface area contributed by atoms with E-state index in [1.165, 1.54) is 41.9 Å². The maximum absolute atomic E-state index is 16.1.